The van der Waals surface area contributed by atoms with Gasteiger partial charge in [-0.2, -0.15) is 4.98 Å². The molecule has 2 aromatic heterocycles. The average Bonchev–Trinajstić information content (AvgIpc) is 3.41. The van der Waals surface area contributed by atoms with Gasteiger partial charge in [0.25, 0.3) is 5.56 Å². The summed E-state index contributed by atoms with van der Waals surface area (Å²) in [6, 6.07) is 15.4. The Kier molecular flexibility index (Phi) is 9.35. The van der Waals surface area contributed by atoms with Gasteiger partial charge in [-0.1, -0.05) is 18.2 Å². The van der Waals surface area contributed by atoms with E-state index in [4.69, 9.17) is 9.97 Å². The summed E-state index contributed by atoms with van der Waals surface area (Å²) in [7, 11) is 0. The zero-order chi connectivity index (χ0) is 38.9. The first-order valence-electron chi connectivity index (χ1n) is 19.4. The second kappa shape index (κ2) is 14.3. The summed E-state index contributed by atoms with van der Waals surface area (Å²) < 4.78 is 33.3. The molecule has 3 fully saturated rings. The Hall–Kier alpha value is -4.88. The van der Waals surface area contributed by atoms with Crippen LogP contribution in [0.4, 0.5) is 14.7 Å². The molecule has 6 heterocycles. The molecule has 0 aliphatic carbocycles. The lowest BCUT2D eigenvalue weighted by Crippen LogP contribution is -2.40. The minimum atomic E-state index is -1.00. The number of hydrogen-bond acceptors (Lipinski definition) is 8. The molecule has 4 aliphatic rings. The van der Waals surface area contributed by atoms with Crippen molar-refractivity contribution in [1.29, 1.82) is 0 Å². The topological polar surface area (TPSA) is 113 Å². The minimum Gasteiger partial charge on any atom is -0.341 e. The Bertz CT molecular complexity index is 2430. The number of benzene rings is 3. The number of carbonyl (C=O) groups excluding carboxylic acids is 2. The van der Waals surface area contributed by atoms with Gasteiger partial charge < -0.3 is 4.90 Å². The molecule has 5 aromatic rings. The van der Waals surface area contributed by atoms with Crippen LogP contribution in [0.3, 0.4) is 0 Å². The third-order valence-corrected chi connectivity index (χ3v) is 13.1. The second-order valence-electron chi connectivity index (χ2n) is 16.2. The van der Waals surface area contributed by atoms with Gasteiger partial charge in [0.1, 0.15) is 17.5 Å². The summed E-state index contributed by atoms with van der Waals surface area (Å²) in [6.45, 7) is 8.27. The first-order valence-corrected chi connectivity index (χ1v) is 20.2. The zero-order valence-electron chi connectivity index (χ0n) is 31.3. The standard InChI is InChI=1S/C43H42BrF2N7O3/c1-43(2)30-8-6-27(20-35(30)53-34-5-3-4-31(44)38(34)40(56)50-41(43)53)25-10-14-51(15-11-25)23-24-21-47-42(48-22-24)52-16-12-26(13-17-52)28-18-32(45)37(33(46)19-28)29-7-9-36(54)49-39(29)55/h3-6,8,18-22,25-26,29H,7,9-17,23H2,1-2H3,(H,49,54,55). The maximum Gasteiger partial charge on any atom is 0.281 e. The lowest BCUT2D eigenvalue weighted by atomic mass is 9.83. The van der Waals surface area contributed by atoms with Crippen LogP contribution < -0.4 is 15.8 Å². The van der Waals surface area contributed by atoms with E-state index >= 15 is 8.78 Å². The van der Waals surface area contributed by atoms with Crippen molar-refractivity contribution in [3.8, 4) is 5.69 Å². The van der Waals surface area contributed by atoms with Crippen LogP contribution in [-0.4, -0.2) is 62.4 Å². The molecule has 0 radical (unpaired) electrons. The van der Waals surface area contributed by atoms with Gasteiger partial charge >= 0.3 is 0 Å². The predicted molar refractivity (Wildman–Crippen MR) is 212 cm³/mol. The number of rotatable bonds is 6. The molecule has 0 bridgehead atoms. The normalized spacial score (nSPS) is 20.3. The van der Waals surface area contributed by atoms with E-state index in [0.717, 1.165) is 59.5 Å². The van der Waals surface area contributed by atoms with Gasteiger partial charge in [0, 0.05) is 54.0 Å². The molecule has 3 saturated heterocycles. The van der Waals surface area contributed by atoms with Crippen LogP contribution >= 0.6 is 15.9 Å². The highest BCUT2D eigenvalue weighted by molar-refractivity contribution is 9.10. The van der Waals surface area contributed by atoms with E-state index in [9.17, 15) is 14.4 Å². The van der Waals surface area contributed by atoms with Crippen molar-refractivity contribution in [2.45, 2.75) is 82.1 Å². The minimum absolute atomic E-state index is 0.0298. The first-order chi connectivity index (χ1) is 27.0. The van der Waals surface area contributed by atoms with Crippen LogP contribution in [0.1, 0.15) is 104 Å². The Morgan fingerprint density at radius 2 is 1.54 bits per heavy atom. The number of nitrogens with one attached hydrogen (secondary N) is 1. The first kappa shape index (κ1) is 36.7. The molecule has 0 saturated carbocycles. The van der Waals surface area contributed by atoms with Crippen molar-refractivity contribution < 1.29 is 18.4 Å². The molecule has 288 valence electrons. The molecule has 0 spiro atoms. The maximum absolute atomic E-state index is 15.2. The number of halogens is 3. The summed E-state index contributed by atoms with van der Waals surface area (Å²) >= 11 is 3.58. The van der Waals surface area contributed by atoms with Crippen molar-refractivity contribution in [2.24, 2.45) is 0 Å². The van der Waals surface area contributed by atoms with Crippen molar-refractivity contribution in [2.75, 3.05) is 31.1 Å². The van der Waals surface area contributed by atoms with Gasteiger partial charge in [0.15, 0.2) is 0 Å². The smallest absolute Gasteiger partial charge is 0.281 e. The summed E-state index contributed by atoms with van der Waals surface area (Å²) in [4.78, 5) is 55.4. The molecule has 3 aromatic carbocycles. The summed E-state index contributed by atoms with van der Waals surface area (Å²) in [6.07, 6.45) is 7.41. The van der Waals surface area contributed by atoms with Crippen LogP contribution in [0.15, 0.2) is 70.2 Å². The lowest BCUT2D eigenvalue weighted by Gasteiger charge is -2.33. The third kappa shape index (κ3) is 6.42. The molecule has 2 amide bonds. The van der Waals surface area contributed by atoms with Crippen LogP contribution in [0.2, 0.25) is 0 Å². The molecule has 1 N–H and O–H groups in total. The molecular weight excluding hydrogens is 780 g/mol. The number of imide groups is 1. The van der Waals surface area contributed by atoms with Crippen LogP contribution in [0.25, 0.3) is 16.6 Å². The Morgan fingerprint density at radius 3 is 2.23 bits per heavy atom. The van der Waals surface area contributed by atoms with E-state index in [2.05, 4.69) is 72.6 Å². The van der Waals surface area contributed by atoms with Crippen molar-refractivity contribution in [3.63, 3.8) is 0 Å². The Balaban J connectivity index is 0.810. The van der Waals surface area contributed by atoms with Gasteiger partial charge in [-0.05, 0) is 134 Å². The van der Waals surface area contributed by atoms with Gasteiger partial charge in [-0.15, -0.1) is 0 Å². The molecule has 1 atom stereocenters. The summed E-state index contributed by atoms with van der Waals surface area (Å²) in [5, 5.41) is 2.79. The van der Waals surface area contributed by atoms with Gasteiger partial charge in [0.2, 0.25) is 17.8 Å². The monoisotopic (exact) mass is 821 g/mol. The highest BCUT2D eigenvalue weighted by Crippen LogP contribution is 2.45. The van der Waals surface area contributed by atoms with Gasteiger partial charge in [0.05, 0.1) is 27.9 Å². The number of aromatic nitrogens is 4. The van der Waals surface area contributed by atoms with Crippen LogP contribution in [0, 0.1) is 11.6 Å². The second-order valence-corrected chi connectivity index (χ2v) is 17.1. The molecule has 4 aliphatic heterocycles. The van der Waals surface area contributed by atoms with Crippen molar-refractivity contribution in [1.82, 2.24) is 29.7 Å². The fraction of sp³-hybridized carbons (Fsp3) is 0.395. The number of carbonyl (C=O) groups is 2. The number of hydrogen-bond donors (Lipinski definition) is 1. The fourth-order valence-corrected chi connectivity index (χ4v) is 9.88. The predicted octanol–water partition coefficient (Wildman–Crippen LogP) is 7.14. The third-order valence-electron chi connectivity index (χ3n) is 12.5. The summed E-state index contributed by atoms with van der Waals surface area (Å²) in [5.74, 6) is -1.73. The SMILES string of the molecule is CC1(C)c2ccc(C3CCN(Cc4cnc(N5CCC(c6cc(F)c(C7CCC(=O)NC7=O)c(F)c6)CC5)nc4)CC3)cc2-n2c1nc(=O)c1c(Br)cccc12. The fourth-order valence-electron chi connectivity index (χ4n) is 9.36. The highest BCUT2D eigenvalue weighted by atomic mass is 79.9. The number of likely N-dealkylation sites (tertiary alicyclic amines) is 1. The Morgan fingerprint density at radius 1 is 0.857 bits per heavy atom. The molecule has 1 unspecified atom stereocenters. The van der Waals surface area contributed by atoms with E-state index in [1.807, 2.05) is 30.6 Å². The highest BCUT2D eigenvalue weighted by Gasteiger charge is 2.39. The molecule has 10 nitrogen and oxygen atoms in total. The van der Waals surface area contributed by atoms with Crippen LogP contribution in [-0.2, 0) is 21.5 Å². The average molecular weight is 823 g/mol. The molecule has 13 heteroatoms. The molecule has 9 rings (SSSR count). The lowest BCUT2D eigenvalue weighted by molar-refractivity contribution is -0.134. The van der Waals surface area contributed by atoms with E-state index in [-0.39, 0.29) is 29.9 Å². The molecular formula is C43H42BrF2N7O3. The number of piperidine rings is 3. The van der Waals surface area contributed by atoms with E-state index < -0.39 is 34.8 Å². The van der Waals surface area contributed by atoms with E-state index in [0.29, 0.717) is 48.7 Å². The van der Waals surface area contributed by atoms with E-state index in [1.165, 1.54) is 23.3 Å². The van der Waals surface area contributed by atoms with Crippen LogP contribution in [0.5, 0.6) is 0 Å². The molecule has 56 heavy (non-hydrogen) atoms. The van der Waals surface area contributed by atoms with Crippen molar-refractivity contribution >= 4 is 44.6 Å². The van der Waals surface area contributed by atoms with E-state index in [1.54, 1.807) is 0 Å². The van der Waals surface area contributed by atoms with Gasteiger partial charge in [-0.25, -0.2) is 18.7 Å². The zero-order valence-corrected chi connectivity index (χ0v) is 32.9. The summed E-state index contributed by atoms with van der Waals surface area (Å²) in [5.41, 5.74) is 5.24. The van der Waals surface area contributed by atoms with Crippen molar-refractivity contribution in [3.05, 3.63) is 121 Å². The number of fused-ring (bicyclic) bond motifs is 5. The largest absolute Gasteiger partial charge is 0.341 e. The Labute approximate surface area is 331 Å². The number of anilines is 1. The number of nitrogens with zero attached hydrogens (tertiary/aromatic N) is 6. The quantitative estimate of drug-likeness (QED) is 0.180. The van der Waals surface area contributed by atoms with Gasteiger partial charge in [-0.3, -0.25) is 29.2 Å². The number of amides is 2. The maximum atomic E-state index is 15.2.